The molecule has 2 N–H and O–H groups in total. The smallest absolute Gasteiger partial charge is 0.123 e. The number of benzene rings is 1. The molecule has 0 spiro atoms. The molecule has 0 aromatic heterocycles. The third-order valence-electron chi connectivity index (χ3n) is 4.13. The zero-order valence-corrected chi connectivity index (χ0v) is 11.3. The van der Waals surface area contributed by atoms with Crippen LogP contribution in [0.5, 0.6) is 0 Å². The topological polar surface area (TPSA) is 29.3 Å². The molecule has 0 amide bonds. The summed E-state index contributed by atoms with van der Waals surface area (Å²) >= 11 is 0. The standard InChI is InChI=1S/C15H23FN2/c1-11-3-6-14(7-4-11)18(2)10-12-9-13(16)5-8-15(12)17/h5,8-9,11,14H,3-4,6-7,10,17H2,1-2H3. The first-order valence-electron chi connectivity index (χ1n) is 6.80. The molecule has 0 atom stereocenters. The van der Waals surface area contributed by atoms with Crippen molar-refractivity contribution in [2.24, 2.45) is 5.92 Å². The normalized spacial score (nSPS) is 24.4. The Bertz CT molecular complexity index is 397. The molecule has 0 heterocycles. The largest absolute Gasteiger partial charge is 0.398 e. The van der Waals surface area contributed by atoms with Gasteiger partial charge in [0.2, 0.25) is 0 Å². The summed E-state index contributed by atoms with van der Waals surface area (Å²) in [6, 6.07) is 5.24. The summed E-state index contributed by atoms with van der Waals surface area (Å²) in [5, 5.41) is 0. The van der Waals surface area contributed by atoms with E-state index in [1.165, 1.54) is 31.7 Å². The molecule has 1 aromatic carbocycles. The van der Waals surface area contributed by atoms with Crippen LogP contribution in [0.4, 0.5) is 10.1 Å². The highest BCUT2D eigenvalue weighted by Gasteiger charge is 2.22. The Balaban J connectivity index is 1.98. The van der Waals surface area contributed by atoms with E-state index in [1.54, 1.807) is 12.1 Å². The lowest BCUT2D eigenvalue weighted by molar-refractivity contribution is 0.164. The van der Waals surface area contributed by atoms with Crippen LogP contribution in [0.2, 0.25) is 0 Å². The zero-order valence-electron chi connectivity index (χ0n) is 11.3. The van der Waals surface area contributed by atoms with Crippen molar-refractivity contribution in [3.63, 3.8) is 0 Å². The highest BCUT2D eigenvalue weighted by atomic mass is 19.1. The lowest BCUT2D eigenvalue weighted by Crippen LogP contribution is -2.34. The van der Waals surface area contributed by atoms with E-state index < -0.39 is 0 Å². The fourth-order valence-corrected chi connectivity index (χ4v) is 2.79. The van der Waals surface area contributed by atoms with Crippen LogP contribution in [0, 0.1) is 11.7 Å². The van der Waals surface area contributed by atoms with Crippen LogP contribution >= 0.6 is 0 Å². The van der Waals surface area contributed by atoms with Gasteiger partial charge in [-0.2, -0.15) is 0 Å². The van der Waals surface area contributed by atoms with Crippen LogP contribution in [-0.2, 0) is 6.54 Å². The first kappa shape index (κ1) is 13.3. The molecule has 0 unspecified atom stereocenters. The monoisotopic (exact) mass is 250 g/mol. The van der Waals surface area contributed by atoms with E-state index in [2.05, 4.69) is 18.9 Å². The van der Waals surface area contributed by atoms with Gasteiger partial charge < -0.3 is 5.73 Å². The van der Waals surface area contributed by atoms with Gasteiger partial charge in [-0.3, -0.25) is 4.90 Å². The number of anilines is 1. The summed E-state index contributed by atoms with van der Waals surface area (Å²) in [4.78, 5) is 2.32. The van der Waals surface area contributed by atoms with E-state index in [1.807, 2.05) is 0 Å². The van der Waals surface area contributed by atoms with Crippen molar-refractivity contribution in [3.05, 3.63) is 29.6 Å². The number of nitrogens with two attached hydrogens (primary N) is 1. The molecule has 0 aliphatic heterocycles. The lowest BCUT2D eigenvalue weighted by Gasteiger charge is -2.33. The molecule has 0 bridgehead atoms. The molecule has 2 rings (SSSR count). The van der Waals surface area contributed by atoms with E-state index in [9.17, 15) is 4.39 Å². The van der Waals surface area contributed by atoms with Crippen LogP contribution in [0.25, 0.3) is 0 Å². The van der Waals surface area contributed by atoms with Gasteiger partial charge in [0.1, 0.15) is 5.82 Å². The highest BCUT2D eigenvalue weighted by molar-refractivity contribution is 5.46. The van der Waals surface area contributed by atoms with E-state index in [-0.39, 0.29) is 5.82 Å². The number of nitrogen functional groups attached to an aromatic ring is 1. The minimum absolute atomic E-state index is 0.204. The molecule has 1 fully saturated rings. The fraction of sp³-hybridized carbons (Fsp3) is 0.600. The van der Waals surface area contributed by atoms with Crippen molar-refractivity contribution >= 4 is 5.69 Å². The molecule has 0 radical (unpaired) electrons. The second kappa shape index (κ2) is 5.70. The number of hydrogen-bond acceptors (Lipinski definition) is 2. The van der Waals surface area contributed by atoms with Gasteiger partial charge in [0.25, 0.3) is 0 Å². The quantitative estimate of drug-likeness (QED) is 0.833. The van der Waals surface area contributed by atoms with Crippen molar-refractivity contribution in [2.45, 2.75) is 45.2 Å². The second-order valence-electron chi connectivity index (χ2n) is 5.67. The van der Waals surface area contributed by atoms with E-state index in [0.29, 0.717) is 11.7 Å². The number of rotatable bonds is 3. The van der Waals surface area contributed by atoms with Crippen molar-refractivity contribution in [1.29, 1.82) is 0 Å². The van der Waals surface area contributed by atoms with E-state index in [4.69, 9.17) is 5.73 Å². The number of halogens is 1. The summed E-state index contributed by atoms with van der Waals surface area (Å²) in [5.74, 6) is 0.652. The molecule has 1 saturated carbocycles. The number of hydrogen-bond donors (Lipinski definition) is 1. The van der Waals surface area contributed by atoms with Crippen LogP contribution in [-0.4, -0.2) is 18.0 Å². The predicted molar refractivity (Wildman–Crippen MR) is 73.7 cm³/mol. The molecule has 100 valence electrons. The maximum absolute atomic E-state index is 13.2. The molecule has 1 aromatic rings. The first-order chi connectivity index (χ1) is 8.56. The predicted octanol–water partition coefficient (Wildman–Crippen LogP) is 3.42. The van der Waals surface area contributed by atoms with Gasteiger partial charge in [-0.05, 0) is 62.4 Å². The summed E-state index contributed by atoms with van der Waals surface area (Å²) < 4.78 is 13.2. The Morgan fingerprint density at radius 3 is 2.61 bits per heavy atom. The number of nitrogens with zero attached hydrogens (tertiary/aromatic N) is 1. The summed E-state index contributed by atoms with van der Waals surface area (Å²) in [7, 11) is 2.12. The summed E-state index contributed by atoms with van der Waals surface area (Å²) in [6.45, 7) is 3.06. The fourth-order valence-electron chi connectivity index (χ4n) is 2.79. The maximum atomic E-state index is 13.2. The summed E-state index contributed by atoms with van der Waals surface area (Å²) in [6.07, 6.45) is 5.08. The Labute approximate surface area is 109 Å². The Morgan fingerprint density at radius 1 is 1.28 bits per heavy atom. The zero-order chi connectivity index (χ0) is 13.1. The summed E-state index contributed by atoms with van der Waals surface area (Å²) in [5.41, 5.74) is 7.48. The Kier molecular flexibility index (Phi) is 4.23. The van der Waals surface area contributed by atoms with Gasteiger partial charge in [0.05, 0.1) is 0 Å². The molecule has 18 heavy (non-hydrogen) atoms. The van der Waals surface area contributed by atoms with Crippen molar-refractivity contribution in [1.82, 2.24) is 4.90 Å². The first-order valence-corrected chi connectivity index (χ1v) is 6.80. The third-order valence-corrected chi connectivity index (χ3v) is 4.13. The molecule has 0 saturated heterocycles. The van der Waals surface area contributed by atoms with Gasteiger partial charge in [0.15, 0.2) is 0 Å². The Hall–Kier alpha value is -1.09. The lowest BCUT2D eigenvalue weighted by atomic mass is 9.86. The molecular weight excluding hydrogens is 227 g/mol. The maximum Gasteiger partial charge on any atom is 0.123 e. The van der Waals surface area contributed by atoms with Crippen molar-refractivity contribution in [3.8, 4) is 0 Å². The van der Waals surface area contributed by atoms with Gasteiger partial charge in [-0.1, -0.05) is 6.92 Å². The van der Waals surface area contributed by atoms with Gasteiger partial charge in [0, 0.05) is 18.3 Å². The molecule has 2 nitrogen and oxygen atoms in total. The van der Waals surface area contributed by atoms with Crippen LogP contribution in [0.1, 0.15) is 38.2 Å². The minimum Gasteiger partial charge on any atom is -0.398 e. The van der Waals surface area contributed by atoms with Crippen LogP contribution < -0.4 is 5.73 Å². The molecular formula is C15H23FN2. The second-order valence-corrected chi connectivity index (χ2v) is 5.67. The molecule has 1 aliphatic carbocycles. The van der Waals surface area contributed by atoms with Crippen molar-refractivity contribution < 1.29 is 4.39 Å². The van der Waals surface area contributed by atoms with Crippen molar-refractivity contribution in [2.75, 3.05) is 12.8 Å². The SMILES string of the molecule is CC1CCC(N(C)Cc2cc(F)ccc2N)CC1. The van der Waals surface area contributed by atoms with E-state index in [0.717, 1.165) is 18.0 Å². The van der Waals surface area contributed by atoms with Gasteiger partial charge in [-0.15, -0.1) is 0 Å². The molecule has 1 aliphatic rings. The van der Waals surface area contributed by atoms with E-state index >= 15 is 0 Å². The highest BCUT2D eigenvalue weighted by Crippen LogP contribution is 2.27. The minimum atomic E-state index is -0.204. The third kappa shape index (κ3) is 3.22. The average Bonchev–Trinajstić information content (AvgIpc) is 2.34. The Morgan fingerprint density at radius 2 is 1.94 bits per heavy atom. The van der Waals surface area contributed by atoms with Crippen LogP contribution in [0.15, 0.2) is 18.2 Å². The van der Waals surface area contributed by atoms with Gasteiger partial charge in [-0.25, -0.2) is 4.39 Å². The van der Waals surface area contributed by atoms with Crippen LogP contribution in [0.3, 0.4) is 0 Å². The molecule has 3 heteroatoms. The van der Waals surface area contributed by atoms with Gasteiger partial charge >= 0.3 is 0 Å². The average molecular weight is 250 g/mol.